The first-order valence-electron chi connectivity index (χ1n) is 7.27. The van der Waals surface area contributed by atoms with Gasteiger partial charge in [0.05, 0.1) is 16.3 Å². The van der Waals surface area contributed by atoms with Gasteiger partial charge < -0.3 is 16.0 Å². The third-order valence-electron chi connectivity index (χ3n) is 4.01. The first-order valence-corrected chi connectivity index (χ1v) is 8.92. The number of rotatable bonds is 4. The summed E-state index contributed by atoms with van der Waals surface area (Å²) in [6.45, 7) is 4.14. The highest BCUT2D eigenvalue weighted by molar-refractivity contribution is 7.11. The van der Waals surface area contributed by atoms with Gasteiger partial charge in [-0.15, -0.1) is 11.3 Å². The Balaban J connectivity index is 1.74. The van der Waals surface area contributed by atoms with Crippen molar-refractivity contribution >= 4 is 33.7 Å². The van der Waals surface area contributed by atoms with Crippen LogP contribution in [0.1, 0.15) is 24.3 Å². The van der Waals surface area contributed by atoms with E-state index in [4.69, 9.17) is 5.73 Å². The molecule has 21 heavy (non-hydrogen) atoms. The van der Waals surface area contributed by atoms with Gasteiger partial charge in [-0.25, -0.2) is 4.98 Å². The fraction of sp³-hybridized carbons (Fsp3) is 0.571. The quantitative estimate of drug-likeness (QED) is 0.905. The molecule has 3 rings (SSSR count). The van der Waals surface area contributed by atoms with Crippen molar-refractivity contribution in [2.75, 3.05) is 31.2 Å². The summed E-state index contributed by atoms with van der Waals surface area (Å²) in [4.78, 5) is 6.98. The molecule has 114 valence electrons. The molecule has 0 amide bonds. The topological polar surface area (TPSA) is 67.1 Å². The van der Waals surface area contributed by atoms with Crippen molar-refractivity contribution in [3.8, 4) is 11.3 Å². The maximum Gasteiger partial charge on any atom is 0.148 e. The van der Waals surface area contributed by atoms with Crippen molar-refractivity contribution in [3.63, 3.8) is 0 Å². The van der Waals surface area contributed by atoms with E-state index in [0.29, 0.717) is 11.9 Å². The summed E-state index contributed by atoms with van der Waals surface area (Å²) >= 11 is 3.07. The van der Waals surface area contributed by atoms with Gasteiger partial charge >= 0.3 is 0 Å². The van der Waals surface area contributed by atoms with Crippen LogP contribution in [0.5, 0.6) is 0 Å². The second-order valence-electron chi connectivity index (χ2n) is 5.53. The van der Waals surface area contributed by atoms with E-state index in [1.807, 2.05) is 12.3 Å². The van der Waals surface area contributed by atoms with E-state index in [1.54, 1.807) is 11.3 Å². The number of nitrogens with zero attached hydrogens (tertiary/aromatic N) is 3. The Morgan fingerprint density at radius 2 is 2.33 bits per heavy atom. The first-order chi connectivity index (χ1) is 10.1. The van der Waals surface area contributed by atoms with Gasteiger partial charge in [-0.3, -0.25) is 0 Å². The molecule has 1 aliphatic heterocycles. The number of aryl methyl sites for hydroxylation is 1. The number of nitrogens with two attached hydrogens (primary N) is 1. The van der Waals surface area contributed by atoms with E-state index in [2.05, 4.69) is 26.6 Å². The van der Waals surface area contributed by atoms with Crippen LogP contribution < -0.4 is 11.1 Å². The highest BCUT2D eigenvalue weighted by Gasteiger charge is 2.21. The van der Waals surface area contributed by atoms with Crippen molar-refractivity contribution in [2.45, 2.75) is 32.2 Å². The molecule has 1 unspecified atom stereocenters. The van der Waals surface area contributed by atoms with Crippen molar-refractivity contribution in [1.82, 2.24) is 14.3 Å². The van der Waals surface area contributed by atoms with E-state index in [9.17, 15) is 0 Å². The number of piperidine rings is 1. The molecule has 0 spiro atoms. The van der Waals surface area contributed by atoms with Crippen molar-refractivity contribution in [2.24, 2.45) is 0 Å². The first kappa shape index (κ1) is 14.7. The summed E-state index contributed by atoms with van der Waals surface area (Å²) in [7, 11) is 2.21. The summed E-state index contributed by atoms with van der Waals surface area (Å²) in [5, 5.41) is 7.68. The zero-order valence-corrected chi connectivity index (χ0v) is 14.1. The lowest BCUT2D eigenvalue weighted by Crippen LogP contribution is -2.40. The number of thiazole rings is 1. The zero-order valence-electron chi connectivity index (χ0n) is 12.4. The Kier molecular flexibility index (Phi) is 4.42. The Morgan fingerprint density at radius 3 is 3.05 bits per heavy atom. The minimum Gasteiger partial charge on any atom is -0.382 e. The van der Waals surface area contributed by atoms with Crippen LogP contribution >= 0.6 is 22.9 Å². The molecule has 1 aliphatic rings. The van der Waals surface area contributed by atoms with Gasteiger partial charge in [0, 0.05) is 18.0 Å². The van der Waals surface area contributed by atoms with E-state index in [-0.39, 0.29) is 0 Å². The van der Waals surface area contributed by atoms with Gasteiger partial charge in [0.25, 0.3) is 0 Å². The van der Waals surface area contributed by atoms with Gasteiger partial charge in [-0.2, -0.15) is 4.37 Å². The van der Waals surface area contributed by atoms with Gasteiger partial charge in [-0.1, -0.05) is 6.42 Å². The normalized spacial score (nSPS) is 19.8. The van der Waals surface area contributed by atoms with Gasteiger partial charge in [0.2, 0.25) is 0 Å². The molecule has 1 atom stereocenters. The average Bonchev–Trinajstić information content (AvgIpc) is 3.04. The molecule has 3 heterocycles. The Labute approximate surface area is 133 Å². The molecule has 0 aromatic carbocycles. The van der Waals surface area contributed by atoms with Crippen molar-refractivity contribution in [1.29, 1.82) is 0 Å². The lowest BCUT2D eigenvalue weighted by atomic mass is 10.0. The molecule has 7 heteroatoms. The van der Waals surface area contributed by atoms with Gasteiger partial charge in [0.15, 0.2) is 0 Å². The number of hydrogen-bond donors (Lipinski definition) is 2. The number of likely N-dealkylation sites (tertiary alicyclic amines) is 1. The van der Waals surface area contributed by atoms with Crippen LogP contribution in [0.25, 0.3) is 11.3 Å². The predicted molar refractivity (Wildman–Crippen MR) is 91.1 cm³/mol. The second-order valence-corrected chi connectivity index (χ2v) is 7.37. The summed E-state index contributed by atoms with van der Waals surface area (Å²) in [5.74, 6) is 0.574. The summed E-state index contributed by atoms with van der Waals surface area (Å²) < 4.78 is 4.29. The van der Waals surface area contributed by atoms with Gasteiger partial charge in [-0.05, 0) is 44.9 Å². The Hall–Kier alpha value is -1.18. The maximum atomic E-state index is 6.03. The number of likely N-dealkylation sites (N-methyl/N-ethyl adjacent to an activating group) is 1. The van der Waals surface area contributed by atoms with Gasteiger partial charge in [0.1, 0.15) is 10.8 Å². The molecule has 1 fully saturated rings. The third-order valence-corrected chi connectivity index (χ3v) is 5.61. The highest BCUT2D eigenvalue weighted by atomic mass is 32.1. The second kappa shape index (κ2) is 6.29. The molecule has 3 N–H and O–H groups in total. The molecular formula is C14H21N5S2. The Morgan fingerprint density at radius 1 is 1.48 bits per heavy atom. The number of aromatic nitrogens is 2. The molecule has 0 aliphatic carbocycles. The molecule has 0 radical (unpaired) electrons. The largest absolute Gasteiger partial charge is 0.382 e. The standard InChI is InChI=1S/C14H21N5S2/c1-9-17-11(8-20-9)12-13(15)18-21-14(12)16-7-10-5-3-4-6-19(10)2/h8,10,16H,3-7H2,1-2H3,(H2,15,18). The average molecular weight is 323 g/mol. The fourth-order valence-corrected chi connectivity index (χ4v) is 4.09. The van der Waals surface area contributed by atoms with E-state index in [0.717, 1.165) is 27.8 Å². The summed E-state index contributed by atoms with van der Waals surface area (Å²) in [6, 6.07) is 0.590. The summed E-state index contributed by atoms with van der Waals surface area (Å²) in [6.07, 6.45) is 3.88. The van der Waals surface area contributed by atoms with Crippen LogP contribution in [0.4, 0.5) is 10.8 Å². The minimum atomic E-state index is 0.574. The SMILES string of the molecule is Cc1nc(-c2c(N)nsc2NCC2CCCCN2C)cs1. The third kappa shape index (κ3) is 3.20. The van der Waals surface area contributed by atoms with Crippen molar-refractivity contribution < 1.29 is 0 Å². The monoisotopic (exact) mass is 323 g/mol. The maximum absolute atomic E-state index is 6.03. The number of nitrogens with one attached hydrogen (secondary N) is 1. The molecule has 0 bridgehead atoms. The minimum absolute atomic E-state index is 0.574. The lowest BCUT2D eigenvalue weighted by Gasteiger charge is -2.32. The molecule has 2 aromatic heterocycles. The van der Waals surface area contributed by atoms with Crippen LogP contribution in [0.2, 0.25) is 0 Å². The highest BCUT2D eigenvalue weighted by Crippen LogP contribution is 2.37. The smallest absolute Gasteiger partial charge is 0.148 e. The van der Waals surface area contributed by atoms with Crippen LogP contribution in [-0.2, 0) is 0 Å². The number of hydrogen-bond acceptors (Lipinski definition) is 7. The molecular weight excluding hydrogens is 302 g/mol. The summed E-state index contributed by atoms with van der Waals surface area (Å²) in [5.41, 5.74) is 7.93. The predicted octanol–water partition coefficient (Wildman–Crippen LogP) is 3.05. The molecule has 2 aromatic rings. The molecule has 0 saturated carbocycles. The van der Waals surface area contributed by atoms with Crippen LogP contribution in [0.3, 0.4) is 0 Å². The molecule has 1 saturated heterocycles. The van der Waals surface area contributed by atoms with E-state index >= 15 is 0 Å². The van der Waals surface area contributed by atoms with Crippen LogP contribution in [0, 0.1) is 6.92 Å². The zero-order chi connectivity index (χ0) is 14.8. The van der Waals surface area contributed by atoms with E-state index in [1.165, 1.54) is 37.3 Å². The lowest BCUT2D eigenvalue weighted by molar-refractivity contribution is 0.195. The van der Waals surface area contributed by atoms with E-state index < -0.39 is 0 Å². The van der Waals surface area contributed by atoms with Crippen LogP contribution in [0.15, 0.2) is 5.38 Å². The number of anilines is 2. The van der Waals surface area contributed by atoms with Crippen molar-refractivity contribution in [3.05, 3.63) is 10.4 Å². The van der Waals surface area contributed by atoms with Crippen LogP contribution in [-0.4, -0.2) is 40.4 Å². The molecule has 5 nitrogen and oxygen atoms in total. The fourth-order valence-electron chi connectivity index (χ4n) is 2.76. The Bertz CT molecular complexity index is 606. The number of nitrogen functional groups attached to an aromatic ring is 1.